The molecule has 2 aliphatic heterocycles. The molecule has 7 heteroatoms. The lowest BCUT2D eigenvalue weighted by molar-refractivity contribution is -0.142. The van der Waals surface area contributed by atoms with Gasteiger partial charge in [0.05, 0.1) is 31.4 Å². The van der Waals surface area contributed by atoms with E-state index in [4.69, 9.17) is 4.74 Å². The molecule has 5 rings (SSSR count). The van der Waals surface area contributed by atoms with Crippen LogP contribution in [0.3, 0.4) is 0 Å². The first kappa shape index (κ1) is 19.1. The van der Waals surface area contributed by atoms with Crippen LogP contribution >= 0.6 is 0 Å². The first-order valence-corrected chi connectivity index (χ1v) is 11.1. The quantitative estimate of drug-likeness (QED) is 0.779. The molecule has 158 valence electrons. The van der Waals surface area contributed by atoms with Gasteiger partial charge in [-0.3, -0.25) is 14.3 Å². The highest BCUT2D eigenvalue weighted by Crippen LogP contribution is 2.66. The summed E-state index contributed by atoms with van der Waals surface area (Å²) in [4.78, 5) is 29.6. The number of rotatable bonds is 3. The molecule has 0 aromatic carbocycles. The fourth-order valence-electron chi connectivity index (χ4n) is 5.58. The number of aromatic nitrogens is 2. The number of nitrogens with zero attached hydrogens (tertiary/aromatic N) is 4. The van der Waals surface area contributed by atoms with Crippen LogP contribution in [-0.4, -0.2) is 63.2 Å². The van der Waals surface area contributed by atoms with Gasteiger partial charge in [-0.1, -0.05) is 6.42 Å². The van der Waals surface area contributed by atoms with Gasteiger partial charge in [0.15, 0.2) is 0 Å². The number of ether oxygens (including phenoxy) is 1. The topological polar surface area (TPSA) is 67.7 Å². The van der Waals surface area contributed by atoms with Gasteiger partial charge in [-0.25, -0.2) is 0 Å². The van der Waals surface area contributed by atoms with Crippen molar-refractivity contribution < 1.29 is 14.3 Å². The number of amides is 2. The Morgan fingerprint density at radius 3 is 2.62 bits per heavy atom. The van der Waals surface area contributed by atoms with Crippen molar-refractivity contribution >= 4 is 11.8 Å². The van der Waals surface area contributed by atoms with Crippen molar-refractivity contribution in [3.05, 3.63) is 17.5 Å². The average molecular weight is 401 g/mol. The molecule has 1 unspecified atom stereocenters. The number of likely N-dealkylation sites (tertiary alicyclic amines) is 1. The maximum absolute atomic E-state index is 12.9. The largest absolute Gasteiger partial charge is 0.372 e. The molecule has 1 aromatic heterocycles. The van der Waals surface area contributed by atoms with Gasteiger partial charge >= 0.3 is 0 Å². The Labute approximate surface area is 172 Å². The molecule has 2 saturated carbocycles. The van der Waals surface area contributed by atoms with E-state index < -0.39 is 0 Å². The van der Waals surface area contributed by atoms with E-state index in [-0.39, 0.29) is 17.4 Å². The first-order valence-electron chi connectivity index (χ1n) is 11.1. The zero-order valence-electron chi connectivity index (χ0n) is 17.7. The maximum atomic E-state index is 12.9. The van der Waals surface area contributed by atoms with Crippen LogP contribution in [0, 0.1) is 18.3 Å². The normalized spacial score (nSPS) is 27.8. The van der Waals surface area contributed by atoms with Crippen LogP contribution in [0.25, 0.3) is 0 Å². The van der Waals surface area contributed by atoms with Crippen molar-refractivity contribution in [2.45, 2.75) is 64.0 Å². The Kier molecular flexibility index (Phi) is 4.49. The fourth-order valence-corrected chi connectivity index (χ4v) is 5.58. The predicted molar refractivity (Wildman–Crippen MR) is 107 cm³/mol. The second-order valence-corrected chi connectivity index (χ2v) is 9.71. The van der Waals surface area contributed by atoms with Crippen molar-refractivity contribution in [3.8, 4) is 0 Å². The summed E-state index contributed by atoms with van der Waals surface area (Å²) in [7, 11) is 1.92. The zero-order valence-corrected chi connectivity index (χ0v) is 17.7. The van der Waals surface area contributed by atoms with E-state index in [0.29, 0.717) is 37.4 Å². The Bertz CT molecular complexity index is 820. The third-order valence-electron chi connectivity index (χ3n) is 8.08. The van der Waals surface area contributed by atoms with E-state index in [1.807, 2.05) is 29.7 Å². The SMILES string of the molecule is Cc1c(CN2CC3(CCN(C(=O)C4CC45CCC5)CC3)OCCC2=O)cnn1C. The number of carbonyl (C=O) groups excluding carboxylic acids is 2. The van der Waals surface area contributed by atoms with Gasteiger partial charge < -0.3 is 14.5 Å². The average Bonchev–Trinajstić information content (AvgIpc) is 3.41. The summed E-state index contributed by atoms with van der Waals surface area (Å²) < 4.78 is 8.11. The Morgan fingerprint density at radius 1 is 1.28 bits per heavy atom. The smallest absolute Gasteiger partial charge is 0.226 e. The minimum absolute atomic E-state index is 0.147. The van der Waals surface area contributed by atoms with E-state index in [1.165, 1.54) is 19.3 Å². The van der Waals surface area contributed by atoms with Gasteiger partial charge in [-0.15, -0.1) is 0 Å². The van der Waals surface area contributed by atoms with Crippen molar-refractivity contribution in [2.24, 2.45) is 18.4 Å². The van der Waals surface area contributed by atoms with Crippen LogP contribution in [0.4, 0.5) is 0 Å². The van der Waals surface area contributed by atoms with E-state index in [2.05, 4.69) is 10.00 Å². The van der Waals surface area contributed by atoms with Crippen molar-refractivity contribution in [2.75, 3.05) is 26.2 Å². The lowest BCUT2D eigenvalue weighted by Gasteiger charge is -2.43. The van der Waals surface area contributed by atoms with Crippen LogP contribution in [-0.2, 0) is 27.9 Å². The number of carbonyl (C=O) groups is 2. The lowest BCUT2D eigenvalue weighted by Crippen LogP contribution is -2.53. The summed E-state index contributed by atoms with van der Waals surface area (Å²) in [6.07, 6.45) is 8.80. The van der Waals surface area contributed by atoms with E-state index in [1.54, 1.807) is 0 Å². The summed E-state index contributed by atoms with van der Waals surface area (Å²) in [5.41, 5.74) is 2.24. The summed E-state index contributed by atoms with van der Waals surface area (Å²) in [6.45, 7) is 5.19. The van der Waals surface area contributed by atoms with Crippen LogP contribution in [0.5, 0.6) is 0 Å². The van der Waals surface area contributed by atoms with Crippen LogP contribution in [0.1, 0.15) is 56.2 Å². The minimum Gasteiger partial charge on any atom is -0.372 e. The standard InChI is InChI=1S/C22H32N4O3/c1-16-17(13-23-24(16)2)14-26-15-22(29-11-4-19(26)27)7-9-25(10-8-22)20(28)18-12-21(18)5-3-6-21/h13,18H,3-12,14-15H2,1-2H3. The summed E-state index contributed by atoms with van der Waals surface area (Å²) in [5, 5.41) is 4.31. The van der Waals surface area contributed by atoms with Crippen LogP contribution < -0.4 is 0 Å². The minimum atomic E-state index is -0.323. The Balaban J connectivity index is 1.23. The zero-order chi connectivity index (χ0) is 20.2. The molecule has 2 saturated heterocycles. The molecule has 1 aromatic rings. The molecule has 29 heavy (non-hydrogen) atoms. The van der Waals surface area contributed by atoms with Gasteiger partial charge in [0.25, 0.3) is 0 Å². The number of aryl methyl sites for hydroxylation is 1. The van der Waals surface area contributed by atoms with Crippen molar-refractivity contribution in [3.63, 3.8) is 0 Å². The summed E-state index contributed by atoms with van der Waals surface area (Å²) in [6, 6.07) is 0. The molecule has 1 atom stereocenters. The van der Waals surface area contributed by atoms with Gasteiger partial charge in [-0.2, -0.15) is 5.10 Å². The molecule has 7 nitrogen and oxygen atoms in total. The van der Waals surface area contributed by atoms with Crippen molar-refractivity contribution in [1.82, 2.24) is 19.6 Å². The van der Waals surface area contributed by atoms with Gasteiger partial charge in [0.1, 0.15) is 0 Å². The Hall–Kier alpha value is -1.89. The van der Waals surface area contributed by atoms with E-state index >= 15 is 0 Å². The van der Waals surface area contributed by atoms with Crippen LogP contribution in [0.15, 0.2) is 6.20 Å². The molecule has 2 amide bonds. The van der Waals surface area contributed by atoms with E-state index in [9.17, 15) is 9.59 Å². The molecule has 4 aliphatic rings. The number of hydrogen-bond donors (Lipinski definition) is 0. The molecule has 3 heterocycles. The Morgan fingerprint density at radius 2 is 2.03 bits per heavy atom. The van der Waals surface area contributed by atoms with Crippen molar-refractivity contribution in [1.29, 1.82) is 0 Å². The second-order valence-electron chi connectivity index (χ2n) is 9.71. The molecule has 2 aliphatic carbocycles. The summed E-state index contributed by atoms with van der Waals surface area (Å²) in [5.74, 6) is 0.799. The molecular formula is C22H32N4O3. The third kappa shape index (κ3) is 3.27. The highest BCUT2D eigenvalue weighted by molar-refractivity contribution is 5.83. The second kappa shape index (κ2) is 6.83. The molecule has 2 spiro atoms. The fraction of sp³-hybridized carbons (Fsp3) is 0.773. The van der Waals surface area contributed by atoms with Gasteiger partial charge in [0.2, 0.25) is 11.8 Å². The van der Waals surface area contributed by atoms with E-state index in [0.717, 1.165) is 43.6 Å². The number of piperidine rings is 1. The monoisotopic (exact) mass is 400 g/mol. The molecule has 0 N–H and O–H groups in total. The molecule has 0 radical (unpaired) electrons. The molecule has 0 bridgehead atoms. The van der Waals surface area contributed by atoms with Gasteiger partial charge in [-0.05, 0) is 44.4 Å². The highest BCUT2D eigenvalue weighted by Gasteiger charge is 2.62. The molecular weight excluding hydrogens is 368 g/mol. The third-order valence-corrected chi connectivity index (χ3v) is 8.08. The van der Waals surface area contributed by atoms with Crippen LogP contribution in [0.2, 0.25) is 0 Å². The van der Waals surface area contributed by atoms with Gasteiger partial charge in [0, 0.05) is 43.9 Å². The predicted octanol–water partition coefficient (Wildman–Crippen LogP) is 2.03. The summed E-state index contributed by atoms with van der Waals surface area (Å²) >= 11 is 0. The lowest BCUT2D eigenvalue weighted by atomic mass is 9.79. The first-order chi connectivity index (χ1) is 13.9. The highest BCUT2D eigenvalue weighted by atomic mass is 16.5. The molecule has 4 fully saturated rings. The number of hydrogen-bond acceptors (Lipinski definition) is 4. The maximum Gasteiger partial charge on any atom is 0.226 e.